The molecular formula is C38H43ClN6O5S. The van der Waals surface area contributed by atoms with Gasteiger partial charge in [-0.2, -0.15) is 5.10 Å². The maximum absolute atomic E-state index is 12.8. The van der Waals surface area contributed by atoms with E-state index in [1.165, 1.54) is 18.4 Å². The van der Waals surface area contributed by atoms with E-state index in [-0.39, 0.29) is 12.0 Å². The molecule has 7 rings (SSSR count). The molecule has 1 N–H and O–H groups in total. The second-order valence-corrected chi connectivity index (χ2v) is 15.8. The van der Waals surface area contributed by atoms with Gasteiger partial charge in [0.2, 0.25) is 0 Å². The maximum atomic E-state index is 12.8. The number of methoxy groups -OCH3 is 1. The fourth-order valence-corrected chi connectivity index (χ4v) is 8.59. The molecule has 0 aliphatic carbocycles. The van der Waals surface area contributed by atoms with Gasteiger partial charge >= 0.3 is 12.1 Å². The second kappa shape index (κ2) is 13.8. The summed E-state index contributed by atoms with van der Waals surface area (Å²) in [5.41, 5.74) is 6.72. The van der Waals surface area contributed by atoms with Crippen LogP contribution in [0, 0.1) is 6.92 Å². The molecule has 2 aliphatic rings. The van der Waals surface area contributed by atoms with Gasteiger partial charge < -0.3 is 19.5 Å². The minimum absolute atomic E-state index is 0.261. The Bertz CT molecular complexity index is 2110. The van der Waals surface area contributed by atoms with E-state index in [1.54, 1.807) is 4.90 Å². The number of hydrogen-bond donors (Lipinski definition) is 1. The first-order chi connectivity index (χ1) is 24.3. The number of thiazole rings is 1. The zero-order valence-corrected chi connectivity index (χ0v) is 31.3. The van der Waals surface area contributed by atoms with Crippen LogP contribution in [0.25, 0.3) is 43.1 Å². The number of pyridine rings is 1. The van der Waals surface area contributed by atoms with Crippen molar-refractivity contribution in [2.24, 2.45) is 0 Å². The van der Waals surface area contributed by atoms with Crippen molar-refractivity contribution in [3.05, 3.63) is 64.3 Å². The highest BCUT2D eigenvalue weighted by atomic mass is 35.5. The van der Waals surface area contributed by atoms with E-state index in [4.69, 9.17) is 36.1 Å². The van der Waals surface area contributed by atoms with Crippen molar-refractivity contribution in [1.29, 1.82) is 0 Å². The summed E-state index contributed by atoms with van der Waals surface area (Å²) in [5.74, 6) is -0.787. The average Bonchev–Trinajstić information content (AvgIpc) is 3.67. The van der Waals surface area contributed by atoms with Gasteiger partial charge in [-0.1, -0.05) is 23.7 Å². The first kappa shape index (κ1) is 35.3. The van der Waals surface area contributed by atoms with Crippen LogP contribution < -0.4 is 0 Å². The molecule has 13 heteroatoms. The number of carboxylic acid groups (broad SMARTS) is 1. The molecule has 51 heavy (non-hydrogen) atoms. The smallest absolute Gasteiger partial charge is 0.409 e. The van der Waals surface area contributed by atoms with E-state index >= 15 is 0 Å². The number of carboxylic acids is 1. The lowest BCUT2D eigenvalue weighted by Crippen LogP contribution is -2.62. The number of halogens is 1. The number of carbonyl (C=O) groups is 2. The van der Waals surface area contributed by atoms with Crippen molar-refractivity contribution in [1.82, 2.24) is 29.5 Å². The normalized spacial score (nSPS) is 16.9. The molecule has 0 bridgehead atoms. The molecule has 5 aromatic rings. The number of carbonyl (C=O) groups excluding carboxylic acids is 1. The van der Waals surface area contributed by atoms with E-state index in [9.17, 15) is 14.7 Å². The Morgan fingerprint density at radius 3 is 2.41 bits per heavy atom. The third-order valence-electron chi connectivity index (χ3n) is 9.89. The van der Waals surface area contributed by atoms with E-state index in [1.807, 2.05) is 68.8 Å². The van der Waals surface area contributed by atoms with Crippen molar-refractivity contribution in [3.63, 3.8) is 0 Å². The van der Waals surface area contributed by atoms with Crippen molar-refractivity contribution in [2.75, 3.05) is 33.3 Å². The van der Waals surface area contributed by atoms with Gasteiger partial charge in [-0.15, -0.1) is 11.3 Å². The zero-order valence-electron chi connectivity index (χ0n) is 29.8. The van der Waals surface area contributed by atoms with Gasteiger partial charge in [0, 0.05) is 47.7 Å². The van der Waals surface area contributed by atoms with Crippen LogP contribution in [-0.4, -0.2) is 91.6 Å². The van der Waals surface area contributed by atoms with Crippen LogP contribution in [0.1, 0.15) is 69.4 Å². The number of nitrogens with zero attached hydrogens (tertiary/aromatic N) is 6. The van der Waals surface area contributed by atoms with Crippen molar-refractivity contribution >= 4 is 56.3 Å². The molecule has 1 unspecified atom stereocenters. The Balaban J connectivity index is 1.26. The van der Waals surface area contributed by atoms with Gasteiger partial charge in [-0.3, -0.25) is 9.58 Å². The minimum Gasteiger partial charge on any atom is -0.479 e. The summed E-state index contributed by atoms with van der Waals surface area (Å²) in [4.78, 5) is 39.1. The summed E-state index contributed by atoms with van der Waals surface area (Å²) < 4.78 is 13.9. The number of aryl methyl sites for hydroxylation is 2. The summed E-state index contributed by atoms with van der Waals surface area (Å²) >= 11 is 7.79. The Labute approximate surface area is 306 Å². The SMILES string of the molecule is CCn1nc(C2CCN(C3CN(C(=O)OC)C3)CC2)c2nc(-c3nc4cc(C)c(C(OC(C)(C)C)C(=O)O)c(-c5ccc(Cl)cc5)c4s3)ccc21. The van der Waals surface area contributed by atoms with Gasteiger partial charge in [0.25, 0.3) is 0 Å². The minimum atomic E-state index is -1.19. The molecule has 11 nitrogen and oxygen atoms in total. The number of amides is 1. The molecule has 0 saturated carbocycles. The Morgan fingerprint density at radius 2 is 1.78 bits per heavy atom. The Kier molecular flexibility index (Phi) is 9.55. The summed E-state index contributed by atoms with van der Waals surface area (Å²) in [6.45, 7) is 13.6. The van der Waals surface area contributed by atoms with Crippen molar-refractivity contribution in [2.45, 2.75) is 77.7 Å². The van der Waals surface area contributed by atoms with Gasteiger partial charge in [-0.25, -0.2) is 19.6 Å². The van der Waals surface area contributed by atoms with Gasteiger partial charge in [0.15, 0.2) is 6.10 Å². The number of benzene rings is 2. The van der Waals surface area contributed by atoms with Gasteiger partial charge in [0.1, 0.15) is 10.5 Å². The predicted molar refractivity (Wildman–Crippen MR) is 200 cm³/mol. The standard InChI is InChI=1S/C38H43ClN6O5S/c1-7-45-28-13-12-26(40-32(28)31(42-45)23-14-16-43(17-15-23)25-19-44(20-25)37(48)49-6)35-41-27-18-21(2)29(33(36(46)47)50-38(3,4)5)30(34(27)51-35)22-8-10-24(39)11-9-22/h8-13,18,23,25,33H,7,14-17,19-20H2,1-6H3,(H,46,47). The molecule has 5 heterocycles. The van der Waals surface area contributed by atoms with Crippen LogP contribution in [0.2, 0.25) is 5.02 Å². The Morgan fingerprint density at radius 1 is 1.08 bits per heavy atom. The number of aliphatic carboxylic acids is 1. The molecule has 268 valence electrons. The number of likely N-dealkylation sites (tertiary alicyclic amines) is 2. The average molecular weight is 731 g/mol. The number of rotatable bonds is 8. The van der Waals surface area contributed by atoms with E-state index in [2.05, 4.69) is 17.9 Å². The lowest BCUT2D eigenvalue weighted by molar-refractivity contribution is -0.160. The van der Waals surface area contributed by atoms with Gasteiger partial charge in [-0.05, 0) is 102 Å². The number of hydrogen-bond acceptors (Lipinski definition) is 9. The molecular weight excluding hydrogens is 688 g/mol. The largest absolute Gasteiger partial charge is 0.479 e. The van der Waals surface area contributed by atoms with E-state index in [0.29, 0.717) is 29.7 Å². The third-order valence-corrected chi connectivity index (χ3v) is 11.3. The number of ether oxygens (including phenoxy) is 2. The predicted octanol–water partition coefficient (Wildman–Crippen LogP) is 7.93. The molecule has 2 fully saturated rings. The number of piperidine rings is 1. The van der Waals surface area contributed by atoms with Crippen molar-refractivity contribution in [3.8, 4) is 21.8 Å². The third kappa shape index (κ3) is 6.82. The highest BCUT2D eigenvalue weighted by Gasteiger charge is 2.38. The van der Waals surface area contributed by atoms with Crippen LogP contribution in [0.4, 0.5) is 4.79 Å². The lowest BCUT2D eigenvalue weighted by atomic mass is 9.91. The van der Waals surface area contributed by atoms with Crippen LogP contribution in [0.5, 0.6) is 0 Å². The summed E-state index contributed by atoms with van der Waals surface area (Å²) in [7, 11) is 1.42. The quantitative estimate of drug-likeness (QED) is 0.170. The molecule has 3 aromatic heterocycles. The Hall–Kier alpha value is -4.10. The van der Waals surface area contributed by atoms with E-state index < -0.39 is 17.7 Å². The van der Waals surface area contributed by atoms with Crippen LogP contribution in [0.3, 0.4) is 0 Å². The molecule has 2 aliphatic heterocycles. The fourth-order valence-electron chi connectivity index (χ4n) is 7.37. The second-order valence-electron chi connectivity index (χ2n) is 14.4. The number of aromatic nitrogens is 4. The van der Waals surface area contributed by atoms with Crippen LogP contribution in [0.15, 0.2) is 42.5 Å². The lowest BCUT2D eigenvalue weighted by Gasteiger charge is -2.46. The number of fused-ring (bicyclic) bond motifs is 2. The molecule has 0 spiro atoms. The summed E-state index contributed by atoms with van der Waals surface area (Å²) in [6, 6.07) is 13.9. The summed E-state index contributed by atoms with van der Waals surface area (Å²) in [6.07, 6.45) is 0.477. The molecule has 1 atom stereocenters. The van der Waals surface area contributed by atoms with Gasteiger partial charge in [0.05, 0.1) is 39.8 Å². The first-order valence-corrected chi connectivity index (χ1v) is 18.6. The highest BCUT2D eigenvalue weighted by Crippen LogP contribution is 2.45. The summed E-state index contributed by atoms with van der Waals surface area (Å²) in [5, 5.41) is 16.9. The topological polar surface area (TPSA) is 123 Å². The zero-order chi connectivity index (χ0) is 36.2. The molecule has 1 amide bonds. The fraction of sp³-hybridized carbons (Fsp3) is 0.447. The van der Waals surface area contributed by atoms with Crippen LogP contribution in [-0.2, 0) is 20.8 Å². The monoisotopic (exact) mass is 730 g/mol. The highest BCUT2D eigenvalue weighted by molar-refractivity contribution is 7.22. The van der Waals surface area contributed by atoms with Crippen LogP contribution >= 0.6 is 22.9 Å². The van der Waals surface area contributed by atoms with E-state index in [0.717, 1.165) is 86.8 Å². The molecule has 2 saturated heterocycles. The molecule has 0 radical (unpaired) electrons. The maximum Gasteiger partial charge on any atom is 0.409 e. The molecule has 2 aromatic carbocycles. The van der Waals surface area contributed by atoms with Crippen molar-refractivity contribution < 1.29 is 24.2 Å². The first-order valence-electron chi connectivity index (χ1n) is 17.4.